The van der Waals surface area contributed by atoms with E-state index >= 15 is 0 Å². The lowest BCUT2D eigenvalue weighted by atomic mass is 9.98. The van der Waals surface area contributed by atoms with Gasteiger partial charge in [-0.1, -0.05) is 17.7 Å². The number of carbonyl (C=O) groups is 1. The van der Waals surface area contributed by atoms with E-state index in [9.17, 15) is 4.79 Å². The van der Waals surface area contributed by atoms with Gasteiger partial charge in [0.15, 0.2) is 0 Å². The van der Waals surface area contributed by atoms with Gasteiger partial charge in [0, 0.05) is 23.7 Å². The molecule has 0 aliphatic carbocycles. The number of thioether (sulfide) groups is 1. The van der Waals surface area contributed by atoms with Crippen LogP contribution >= 0.6 is 23.4 Å². The number of carboxylic acids is 1. The first-order valence-electron chi connectivity index (χ1n) is 5.18. The van der Waals surface area contributed by atoms with Crippen molar-refractivity contribution in [2.45, 2.75) is 16.1 Å². The molecule has 92 valence electrons. The van der Waals surface area contributed by atoms with E-state index in [-0.39, 0.29) is 11.2 Å². The molecule has 0 aromatic heterocycles. The van der Waals surface area contributed by atoms with Gasteiger partial charge in [0.25, 0.3) is 0 Å². The van der Waals surface area contributed by atoms with Gasteiger partial charge in [0.1, 0.15) is 0 Å². The van der Waals surface area contributed by atoms with Crippen LogP contribution in [-0.2, 0) is 4.79 Å². The summed E-state index contributed by atoms with van der Waals surface area (Å²) < 4.78 is -0.328. The Bertz CT molecular complexity index is 429. The van der Waals surface area contributed by atoms with Gasteiger partial charge < -0.3 is 16.2 Å². The third kappa shape index (κ3) is 2.68. The van der Waals surface area contributed by atoms with Crippen LogP contribution in [0.1, 0.15) is 6.42 Å². The zero-order valence-electron chi connectivity index (χ0n) is 9.07. The van der Waals surface area contributed by atoms with E-state index in [0.29, 0.717) is 23.8 Å². The molecule has 1 aromatic rings. The highest BCUT2D eigenvalue weighted by Gasteiger charge is 2.41. The number of nitrogens with one attached hydrogen (secondary N) is 1. The van der Waals surface area contributed by atoms with Crippen LogP contribution in [0.25, 0.3) is 0 Å². The molecule has 17 heavy (non-hydrogen) atoms. The molecule has 4 N–H and O–H groups in total. The number of nitrogen functional groups attached to an aromatic ring is 1. The molecule has 1 aliphatic rings. The van der Waals surface area contributed by atoms with Crippen molar-refractivity contribution >= 4 is 35.0 Å². The molecule has 1 aliphatic heterocycles. The SMILES string of the molecule is Nc1cccc(Cl)c1SC1(CC(=O)O)CNC1. The predicted molar refractivity (Wildman–Crippen MR) is 69.6 cm³/mol. The summed E-state index contributed by atoms with van der Waals surface area (Å²) in [4.78, 5) is 11.6. The van der Waals surface area contributed by atoms with E-state index in [0.717, 1.165) is 4.90 Å². The Balaban J connectivity index is 2.21. The number of halogens is 1. The van der Waals surface area contributed by atoms with Crippen molar-refractivity contribution in [1.82, 2.24) is 5.32 Å². The minimum Gasteiger partial charge on any atom is -0.481 e. The highest BCUT2D eigenvalue weighted by atomic mass is 35.5. The molecule has 0 atom stereocenters. The maximum Gasteiger partial charge on any atom is 0.304 e. The van der Waals surface area contributed by atoms with Crippen LogP contribution < -0.4 is 11.1 Å². The number of aliphatic carboxylic acids is 1. The fourth-order valence-corrected chi connectivity index (χ4v) is 3.39. The van der Waals surface area contributed by atoms with Crippen LogP contribution in [0.3, 0.4) is 0 Å². The van der Waals surface area contributed by atoms with Crippen molar-refractivity contribution in [2.24, 2.45) is 0 Å². The van der Waals surface area contributed by atoms with E-state index in [1.807, 2.05) is 0 Å². The Morgan fingerprint density at radius 3 is 2.76 bits per heavy atom. The normalized spacial score (nSPS) is 17.5. The van der Waals surface area contributed by atoms with Gasteiger partial charge in [-0.2, -0.15) is 0 Å². The number of hydrogen-bond acceptors (Lipinski definition) is 4. The average molecular weight is 273 g/mol. The van der Waals surface area contributed by atoms with Crippen LogP contribution in [0.15, 0.2) is 23.1 Å². The Morgan fingerprint density at radius 1 is 1.59 bits per heavy atom. The largest absolute Gasteiger partial charge is 0.481 e. The van der Waals surface area contributed by atoms with E-state index in [1.54, 1.807) is 18.2 Å². The Labute approximate surface area is 109 Å². The lowest BCUT2D eigenvalue weighted by molar-refractivity contribution is -0.138. The molecule has 0 saturated carbocycles. The van der Waals surface area contributed by atoms with Crippen LogP contribution in [0.2, 0.25) is 5.02 Å². The summed E-state index contributed by atoms with van der Waals surface area (Å²) in [6, 6.07) is 5.32. The topological polar surface area (TPSA) is 75.4 Å². The summed E-state index contributed by atoms with van der Waals surface area (Å²) in [5.41, 5.74) is 6.46. The van der Waals surface area contributed by atoms with Crippen LogP contribution in [0, 0.1) is 0 Å². The molecular formula is C11H13ClN2O2S. The molecule has 4 nitrogen and oxygen atoms in total. The van der Waals surface area contributed by atoms with Gasteiger partial charge in [-0.05, 0) is 12.1 Å². The van der Waals surface area contributed by atoms with Crippen molar-refractivity contribution in [1.29, 1.82) is 0 Å². The molecule has 1 fully saturated rings. The van der Waals surface area contributed by atoms with Crippen molar-refractivity contribution in [3.05, 3.63) is 23.2 Å². The van der Waals surface area contributed by atoms with Gasteiger partial charge in [0.05, 0.1) is 16.2 Å². The number of rotatable bonds is 4. The number of carboxylic acid groups (broad SMARTS) is 1. The van der Waals surface area contributed by atoms with Gasteiger partial charge in [-0.3, -0.25) is 4.79 Å². The minimum atomic E-state index is -0.801. The van der Waals surface area contributed by atoms with Gasteiger partial charge in [-0.15, -0.1) is 11.8 Å². The third-order valence-electron chi connectivity index (χ3n) is 2.68. The molecule has 1 saturated heterocycles. The summed E-state index contributed by atoms with van der Waals surface area (Å²) in [6.45, 7) is 1.32. The smallest absolute Gasteiger partial charge is 0.304 e. The number of anilines is 1. The van der Waals surface area contributed by atoms with E-state index in [2.05, 4.69) is 5.32 Å². The van der Waals surface area contributed by atoms with Crippen LogP contribution in [0.4, 0.5) is 5.69 Å². The Morgan fingerprint density at radius 2 is 2.29 bits per heavy atom. The standard InChI is InChI=1S/C11H13ClN2O2S/c12-7-2-1-3-8(13)10(7)17-11(4-9(15)16)5-14-6-11/h1-3,14H,4-6,13H2,(H,15,16). The van der Waals surface area contributed by atoms with Gasteiger partial charge in [-0.25, -0.2) is 0 Å². The highest BCUT2D eigenvalue weighted by Crippen LogP contribution is 2.44. The molecule has 0 unspecified atom stereocenters. The molecule has 0 bridgehead atoms. The van der Waals surface area contributed by atoms with Crippen molar-refractivity contribution in [3.63, 3.8) is 0 Å². The summed E-state index contributed by atoms with van der Waals surface area (Å²) in [6.07, 6.45) is 0.106. The monoisotopic (exact) mass is 272 g/mol. The second-order valence-corrected chi connectivity index (χ2v) is 6.00. The Hall–Kier alpha value is -0.910. The molecule has 1 aromatic carbocycles. The first-order chi connectivity index (χ1) is 8.02. The summed E-state index contributed by atoms with van der Waals surface area (Å²) in [5.74, 6) is -0.801. The third-order valence-corrected chi connectivity index (χ3v) is 4.64. The minimum absolute atomic E-state index is 0.106. The lowest BCUT2D eigenvalue weighted by Crippen LogP contribution is -2.58. The first-order valence-corrected chi connectivity index (χ1v) is 6.37. The quantitative estimate of drug-likeness (QED) is 0.729. The second-order valence-electron chi connectivity index (χ2n) is 4.12. The first kappa shape index (κ1) is 12.5. The predicted octanol–water partition coefficient (Wildman–Crippen LogP) is 1.83. The maximum atomic E-state index is 10.9. The summed E-state index contributed by atoms with van der Waals surface area (Å²) >= 11 is 7.54. The molecule has 1 heterocycles. The zero-order chi connectivity index (χ0) is 12.5. The molecule has 0 radical (unpaired) electrons. The van der Waals surface area contributed by atoms with E-state index < -0.39 is 5.97 Å². The van der Waals surface area contributed by atoms with Crippen molar-refractivity contribution in [2.75, 3.05) is 18.8 Å². The molecule has 0 spiro atoms. The van der Waals surface area contributed by atoms with E-state index in [4.69, 9.17) is 22.4 Å². The van der Waals surface area contributed by atoms with Gasteiger partial charge in [0.2, 0.25) is 0 Å². The van der Waals surface area contributed by atoms with Crippen molar-refractivity contribution in [3.8, 4) is 0 Å². The number of benzene rings is 1. The van der Waals surface area contributed by atoms with Gasteiger partial charge >= 0.3 is 5.97 Å². The zero-order valence-corrected chi connectivity index (χ0v) is 10.6. The Kier molecular flexibility index (Phi) is 3.51. The average Bonchev–Trinajstić information content (AvgIpc) is 2.19. The lowest BCUT2D eigenvalue weighted by Gasteiger charge is -2.41. The summed E-state index contributed by atoms with van der Waals surface area (Å²) in [5, 5.41) is 12.6. The number of nitrogens with two attached hydrogens (primary N) is 1. The number of hydrogen-bond donors (Lipinski definition) is 3. The fraction of sp³-hybridized carbons (Fsp3) is 0.364. The molecule has 6 heteroatoms. The van der Waals surface area contributed by atoms with Crippen molar-refractivity contribution < 1.29 is 9.90 Å². The maximum absolute atomic E-state index is 10.9. The molecule has 0 amide bonds. The van der Waals surface area contributed by atoms with Crippen LogP contribution in [-0.4, -0.2) is 28.9 Å². The molecule has 2 rings (SSSR count). The van der Waals surface area contributed by atoms with Crippen LogP contribution in [0.5, 0.6) is 0 Å². The second kappa shape index (κ2) is 4.76. The molecular weight excluding hydrogens is 260 g/mol. The fourth-order valence-electron chi connectivity index (χ4n) is 1.76. The van der Waals surface area contributed by atoms with E-state index in [1.165, 1.54) is 11.8 Å². The highest BCUT2D eigenvalue weighted by molar-refractivity contribution is 8.01. The summed E-state index contributed by atoms with van der Waals surface area (Å²) in [7, 11) is 0.